The molecule has 0 unspecified atom stereocenters. The van der Waals surface area contributed by atoms with Crippen molar-refractivity contribution in [2.24, 2.45) is 0 Å². The smallest absolute Gasteiger partial charge is 0.322 e. The number of aromatic nitrogens is 4. The summed E-state index contributed by atoms with van der Waals surface area (Å²) in [6.07, 6.45) is 3.63. The lowest BCUT2D eigenvalue weighted by Gasteiger charge is -2.10. The largest absolute Gasteiger partial charge is 0.452 e. The van der Waals surface area contributed by atoms with E-state index in [9.17, 15) is 0 Å². The second-order valence-corrected chi connectivity index (χ2v) is 11.5. The van der Waals surface area contributed by atoms with Crippen molar-refractivity contribution >= 4 is 65.6 Å². The molecule has 216 valence electrons. The first-order valence-electron chi connectivity index (χ1n) is 15.2. The third-order valence-electron chi connectivity index (χ3n) is 8.94. The van der Waals surface area contributed by atoms with Gasteiger partial charge in [0, 0.05) is 38.0 Å². The molecule has 0 bridgehead atoms. The van der Waals surface area contributed by atoms with Gasteiger partial charge in [-0.3, -0.25) is 0 Å². The Morgan fingerprint density at radius 3 is 1.70 bits per heavy atom. The topological polar surface area (TPSA) is 58.0 Å². The Labute approximate surface area is 262 Å². The molecule has 0 amide bonds. The molecule has 6 aromatic carbocycles. The molecule has 0 spiro atoms. The lowest BCUT2D eigenvalue weighted by molar-refractivity contribution is 0.438. The molecular formula is C40H24N4O2. The van der Waals surface area contributed by atoms with Crippen molar-refractivity contribution in [3.8, 4) is 23.1 Å². The number of ether oxygens (including phenoxy) is 1. The van der Waals surface area contributed by atoms with Crippen molar-refractivity contribution in [2.45, 2.75) is 0 Å². The van der Waals surface area contributed by atoms with E-state index >= 15 is 0 Å². The summed E-state index contributed by atoms with van der Waals surface area (Å²) in [4.78, 5) is 9.26. The Morgan fingerprint density at radius 1 is 0.457 bits per heavy atom. The minimum absolute atomic E-state index is 0.256. The van der Waals surface area contributed by atoms with Gasteiger partial charge in [-0.1, -0.05) is 84.9 Å². The Bertz CT molecular complexity index is 2730. The zero-order chi connectivity index (χ0) is 30.2. The van der Waals surface area contributed by atoms with Gasteiger partial charge in [0.2, 0.25) is 0 Å². The van der Waals surface area contributed by atoms with Crippen LogP contribution in [0, 0.1) is 0 Å². The highest BCUT2D eigenvalue weighted by Gasteiger charge is 2.17. The minimum atomic E-state index is 0.256. The molecule has 0 atom stereocenters. The van der Waals surface area contributed by atoms with Gasteiger partial charge in [-0.2, -0.15) is 0 Å². The van der Waals surface area contributed by atoms with Crippen LogP contribution in [0.2, 0.25) is 0 Å². The molecule has 4 heterocycles. The predicted octanol–water partition coefficient (Wildman–Crippen LogP) is 10.4. The van der Waals surface area contributed by atoms with Crippen molar-refractivity contribution in [2.75, 3.05) is 0 Å². The fourth-order valence-corrected chi connectivity index (χ4v) is 6.96. The molecule has 0 saturated carbocycles. The van der Waals surface area contributed by atoms with Crippen molar-refractivity contribution in [1.29, 1.82) is 0 Å². The average Bonchev–Trinajstić information content (AvgIpc) is 3.77. The van der Waals surface area contributed by atoms with Gasteiger partial charge in [-0.15, -0.1) is 0 Å². The summed E-state index contributed by atoms with van der Waals surface area (Å²) in [7, 11) is 0. The van der Waals surface area contributed by atoms with Crippen LogP contribution < -0.4 is 4.74 Å². The third kappa shape index (κ3) is 3.58. The quantitative estimate of drug-likeness (QED) is 0.204. The maximum Gasteiger partial charge on any atom is 0.322 e. The van der Waals surface area contributed by atoms with Crippen LogP contribution in [0.1, 0.15) is 0 Å². The van der Waals surface area contributed by atoms with Gasteiger partial charge in [0.05, 0.1) is 40.1 Å². The number of furan rings is 1. The third-order valence-corrected chi connectivity index (χ3v) is 8.94. The first kappa shape index (κ1) is 25.0. The van der Waals surface area contributed by atoms with Crippen LogP contribution in [0.25, 0.3) is 76.9 Å². The van der Waals surface area contributed by atoms with E-state index in [0.717, 1.165) is 49.5 Å². The maximum absolute atomic E-state index is 6.17. The van der Waals surface area contributed by atoms with E-state index < -0.39 is 0 Å². The monoisotopic (exact) mass is 592 g/mol. The summed E-state index contributed by atoms with van der Waals surface area (Å²) in [6, 6.07) is 46.5. The van der Waals surface area contributed by atoms with Gasteiger partial charge in [0.1, 0.15) is 5.58 Å². The fourth-order valence-electron chi connectivity index (χ4n) is 6.96. The van der Waals surface area contributed by atoms with Gasteiger partial charge < -0.3 is 18.3 Å². The van der Waals surface area contributed by atoms with Crippen LogP contribution in [-0.4, -0.2) is 19.1 Å². The second-order valence-electron chi connectivity index (χ2n) is 11.5. The minimum Gasteiger partial charge on any atom is -0.452 e. The zero-order valence-electron chi connectivity index (χ0n) is 24.5. The van der Waals surface area contributed by atoms with Crippen molar-refractivity contribution in [3.63, 3.8) is 0 Å². The van der Waals surface area contributed by atoms with Gasteiger partial charge in [-0.25, -0.2) is 9.97 Å². The molecule has 0 N–H and O–H groups in total. The lowest BCUT2D eigenvalue weighted by Crippen LogP contribution is -1.99. The number of para-hydroxylation sites is 5. The highest BCUT2D eigenvalue weighted by Crippen LogP contribution is 2.38. The average molecular weight is 593 g/mol. The first-order valence-corrected chi connectivity index (χ1v) is 15.2. The van der Waals surface area contributed by atoms with Crippen molar-refractivity contribution in [3.05, 3.63) is 146 Å². The predicted molar refractivity (Wildman–Crippen MR) is 185 cm³/mol. The molecular weight excluding hydrogens is 568 g/mol. The molecule has 6 heteroatoms. The van der Waals surface area contributed by atoms with Crippen LogP contribution in [-0.2, 0) is 0 Å². The molecule has 10 aromatic rings. The molecule has 0 aliphatic carbocycles. The summed E-state index contributed by atoms with van der Waals surface area (Å²) in [5.74, 6) is 0.580. The van der Waals surface area contributed by atoms with Crippen LogP contribution in [0.5, 0.6) is 11.8 Å². The number of hydrogen-bond donors (Lipinski definition) is 0. The summed E-state index contributed by atoms with van der Waals surface area (Å²) < 4.78 is 16.9. The number of fused-ring (bicyclic) bond motifs is 9. The van der Waals surface area contributed by atoms with Crippen molar-refractivity contribution in [1.82, 2.24) is 19.1 Å². The standard InChI is InChI=1S/C40H24N4O2/c1-5-15-33-27(10-1)28-11-2-6-16-34(28)43(33)25-20-21-36-32(22-25)29-12-3-7-17-35(29)44(36)26-23-41-40(42-24-26)46-38-19-9-14-31-30-13-4-8-18-37(30)45-39(31)38/h1-24H. The van der Waals surface area contributed by atoms with Crippen LogP contribution in [0.3, 0.4) is 0 Å². The zero-order valence-corrected chi connectivity index (χ0v) is 24.5. The summed E-state index contributed by atoms with van der Waals surface area (Å²) in [6.45, 7) is 0. The van der Waals surface area contributed by atoms with Crippen LogP contribution in [0.4, 0.5) is 0 Å². The molecule has 46 heavy (non-hydrogen) atoms. The van der Waals surface area contributed by atoms with E-state index in [1.807, 2.05) is 54.9 Å². The van der Waals surface area contributed by atoms with E-state index in [2.05, 4.69) is 110 Å². The molecule has 0 aliphatic rings. The van der Waals surface area contributed by atoms with E-state index in [1.165, 1.54) is 21.8 Å². The van der Waals surface area contributed by atoms with E-state index in [-0.39, 0.29) is 6.01 Å². The molecule has 6 nitrogen and oxygen atoms in total. The van der Waals surface area contributed by atoms with E-state index in [1.54, 1.807) is 0 Å². The van der Waals surface area contributed by atoms with Crippen molar-refractivity contribution < 1.29 is 9.15 Å². The second kappa shape index (κ2) is 9.55. The normalized spacial score (nSPS) is 11.9. The highest BCUT2D eigenvalue weighted by molar-refractivity contribution is 6.12. The summed E-state index contributed by atoms with van der Waals surface area (Å²) >= 11 is 0. The summed E-state index contributed by atoms with van der Waals surface area (Å²) in [5, 5.41) is 6.86. The fraction of sp³-hybridized carbons (Fsp3) is 0. The van der Waals surface area contributed by atoms with E-state index in [0.29, 0.717) is 11.3 Å². The Balaban J connectivity index is 1.09. The number of benzene rings is 6. The highest BCUT2D eigenvalue weighted by atomic mass is 16.5. The number of hydrogen-bond acceptors (Lipinski definition) is 4. The first-order chi connectivity index (χ1) is 22.8. The SMILES string of the molecule is c1ccc2c(c1)oc1c(Oc3ncc(-n4c5ccccc5c5cc(-n6c7ccccc7c7ccccc76)ccc54)cn3)cccc12. The van der Waals surface area contributed by atoms with Crippen LogP contribution in [0.15, 0.2) is 150 Å². The Morgan fingerprint density at radius 2 is 1.00 bits per heavy atom. The maximum atomic E-state index is 6.17. The Hall–Kier alpha value is -6.40. The molecule has 0 radical (unpaired) electrons. The van der Waals surface area contributed by atoms with Gasteiger partial charge in [-0.05, 0) is 48.5 Å². The lowest BCUT2D eigenvalue weighted by atomic mass is 10.1. The van der Waals surface area contributed by atoms with Gasteiger partial charge in [0.25, 0.3) is 0 Å². The van der Waals surface area contributed by atoms with Crippen LogP contribution >= 0.6 is 0 Å². The number of nitrogens with zero attached hydrogens (tertiary/aromatic N) is 4. The summed E-state index contributed by atoms with van der Waals surface area (Å²) in [5.41, 5.74) is 8.01. The number of rotatable bonds is 4. The van der Waals surface area contributed by atoms with Gasteiger partial charge >= 0.3 is 6.01 Å². The molecule has 0 aliphatic heterocycles. The van der Waals surface area contributed by atoms with Gasteiger partial charge in [0.15, 0.2) is 11.3 Å². The molecule has 10 rings (SSSR count). The Kier molecular flexibility index (Phi) is 5.19. The molecule has 0 fully saturated rings. The molecule has 4 aromatic heterocycles. The van der Waals surface area contributed by atoms with E-state index in [4.69, 9.17) is 9.15 Å². The molecule has 0 saturated heterocycles.